The summed E-state index contributed by atoms with van der Waals surface area (Å²) in [6.07, 6.45) is 0.779. The molecule has 1 heterocycles. The second-order valence-electron chi connectivity index (χ2n) is 4.26. The first-order valence-corrected chi connectivity index (χ1v) is 7.64. The van der Waals surface area contributed by atoms with Crippen LogP contribution in [0.5, 0.6) is 0 Å². The quantitative estimate of drug-likeness (QED) is 0.926. The zero-order chi connectivity index (χ0) is 13.8. The third-order valence-corrected chi connectivity index (χ3v) is 4.46. The Kier molecular flexibility index (Phi) is 4.71. The normalized spacial score (nSPS) is 10.5. The third kappa shape index (κ3) is 3.88. The second-order valence-corrected chi connectivity index (χ2v) is 6.47. The van der Waals surface area contributed by atoms with Crippen molar-refractivity contribution in [2.75, 3.05) is 6.54 Å². The largest absolute Gasteiger partial charge is 0.352 e. The number of benzene rings is 1. The van der Waals surface area contributed by atoms with E-state index in [1.807, 2.05) is 19.1 Å². The lowest BCUT2D eigenvalue weighted by molar-refractivity contribution is 0.0954. The Morgan fingerprint density at radius 1 is 1.32 bits per heavy atom. The van der Waals surface area contributed by atoms with Crippen LogP contribution in [0.2, 0.25) is 0 Å². The molecule has 2 rings (SSSR count). The van der Waals surface area contributed by atoms with Gasteiger partial charge in [-0.25, -0.2) is 4.98 Å². The second kappa shape index (κ2) is 6.30. The number of carbonyl (C=O) groups excluding carboxylic acids is 1. The lowest BCUT2D eigenvalue weighted by atomic mass is 10.2. The molecule has 0 unspecified atom stereocenters. The van der Waals surface area contributed by atoms with Crippen LogP contribution in [0.15, 0.2) is 28.7 Å². The molecule has 0 aliphatic rings. The monoisotopic (exact) mass is 338 g/mol. The smallest absolute Gasteiger partial charge is 0.251 e. The van der Waals surface area contributed by atoms with Gasteiger partial charge in [0.25, 0.3) is 5.91 Å². The van der Waals surface area contributed by atoms with E-state index in [-0.39, 0.29) is 5.91 Å². The number of hydrogen-bond acceptors (Lipinski definition) is 3. The maximum absolute atomic E-state index is 11.9. The molecule has 1 amide bonds. The highest BCUT2D eigenvalue weighted by atomic mass is 79.9. The van der Waals surface area contributed by atoms with Crippen molar-refractivity contribution in [3.8, 4) is 0 Å². The Balaban J connectivity index is 1.85. The number of aromatic nitrogens is 1. The fourth-order valence-electron chi connectivity index (χ4n) is 1.63. The van der Waals surface area contributed by atoms with Crippen LogP contribution in [0.3, 0.4) is 0 Å². The molecule has 0 atom stereocenters. The molecule has 19 heavy (non-hydrogen) atoms. The number of rotatable bonds is 4. The van der Waals surface area contributed by atoms with Crippen LogP contribution in [-0.2, 0) is 6.42 Å². The summed E-state index contributed by atoms with van der Waals surface area (Å²) in [4.78, 5) is 17.6. The number of hydrogen-bond donors (Lipinski definition) is 1. The van der Waals surface area contributed by atoms with Crippen LogP contribution in [0.4, 0.5) is 0 Å². The minimum atomic E-state index is -0.0440. The summed E-state index contributed by atoms with van der Waals surface area (Å²) in [5.41, 5.74) is 1.76. The predicted molar refractivity (Wildman–Crippen MR) is 81.8 cm³/mol. The number of nitrogens with zero attached hydrogens (tertiary/aromatic N) is 1. The molecule has 0 aliphatic carbocycles. The molecule has 0 fully saturated rings. The molecule has 0 saturated heterocycles. The van der Waals surface area contributed by atoms with Gasteiger partial charge in [-0.15, -0.1) is 11.3 Å². The van der Waals surface area contributed by atoms with Gasteiger partial charge in [0.2, 0.25) is 0 Å². The van der Waals surface area contributed by atoms with E-state index in [4.69, 9.17) is 0 Å². The molecule has 0 saturated carbocycles. The first-order chi connectivity index (χ1) is 9.06. The molecule has 0 radical (unpaired) electrons. The third-order valence-electron chi connectivity index (χ3n) is 2.80. The number of carbonyl (C=O) groups is 1. The SMILES string of the molecule is Cc1nc(CCNC(=O)c2ccc(Br)cc2)sc1C. The minimum Gasteiger partial charge on any atom is -0.352 e. The van der Waals surface area contributed by atoms with Crippen LogP contribution in [0.1, 0.15) is 25.9 Å². The van der Waals surface area contributed by atoms with Crippen molar-refractivity contribution in [1.82, 2.24) is 10.3 Å². The Morgan fingerprint density at radius 3 is 2.58 bits per heavy atom. The highest BCUT2D eigenvalue weighted by Crippen LogP contribution is 2.16. The lowest BCUT2D eigenvalue weighted by Gasteiger charge is -2.03. The number of nitrogens with one attached hydrogen (secondary N) is 1. The molecule has 0 spiro atoms. The van der Waals surface area contributed by atoms with Crippen molar-refractivity contribution in [2.45, 2.75) is 20.3 Å². The van der Waals surface area contributed by atoms with Crippen LogP contribution in [0, 0.1) is 13.8 Å². The minimum absolute atomic E-state index is 0.0440. The molecule has 3 nitrogen and oxygen atoms in total. The van der Waals surface area contributed by atoms with Gasteiger partial charge in [-0.1, -0.05) is 15.9 Å². The van der Waals surface area contributed by atoms with Gasteiger partial charge in [0.05, 0.1) is 10.7 Å². The number of aryl methyl sites for hydroxylation is 2. The van der Waals surface area contributed by atoms with Crippen molar-refractivity contribution in [3.05, 3.63) is 49.9 Å². The van der Waals surface area contributed by atoms with Gasteiger partial charge in [0, 0.05) is 27.9 Å². The molecule has 0 aliphatic heterocycles. The van der Waals surface area contributed by atoms with Gasteiger partial charge in [0.1, 0.15) is 0 Å². The highest BCUT2D eigenvalue weighted by molar-refractivity contribution is 9.10. The van der Waals surface area contributed by atoms with E-state index in [9.17, 15) is 4.79 Å². The van der Waals surface area contributed by atoms with Crippen LogP contribution in [-0.4, -0.2) is 17.4 Å². The average Bonchev–Trinajstić information content (AvgIpc) is 2.69. The van der Waals surface area contributed by atoms with Gasteiger partial charge in [0.15, 0.2) is 0 Å². The molecule has 1 N–H and O–H groups in total. The molecule has 100 valence electrons. The molecule has 0 bridgehead atoms. The van der Waals surface area contributed by atoms with Gasteiger partial charge in [-0.05, 0) is 38.1 Å². The van der Waals surface area contributed by atoms with Crippen molar-refractivity contribution in [2.24, 2.45) is 0 Å². The highest BCUT2D eigenvalue weighted by Gasteiger charge is 2.06. The van der Waals surface area contributed by atoms with Gasteiger partial charge in [-0.2, -0.15) is 0 Å². The zero-order valence-electron chi connectivity index (χ0n) is 10.9. The molecular weight excluding hydrogens is 324 g/mol. The van der Waals surface area contributed by atoms with Gasteiger partial charge < -0.3 is 5.32 Å². The Morgan fingerprint density at radius 2 is 2.00 bits per heavy atom. The predicted octanol–water partition coefficient (Wildman–Crippen LogP) is 3.49. The number of amides is 1. The summed E-state index contributed by atoms with van der Waals surface area (Å²) in [5, 5.41) is 3.98. The summed E-state index contributed by atoms with van der Waals surface area (Å²) >= 11 is 5.04. The summed E-state index contributed by atoms with van der Waals surface area (Å²) in [6, 6.07) is 7.33. The zero-order valence-corrected chi connectivity index (χ0v) is 13.3. The number of halogens is 1. The molecule has 5 heteroatoms. The van der Waals surface area contributed by atoms with Crippen LogP contribution >= 0.6 is 27.3 Å². The topological polar surface area (TPSA) is 42.0 Å². The van der Waals surface area contributed by atoms with Crippen molar-refractivity contribution < 1.29 is 4.79 Å². The van der Waals surface area contributed by atoms with Crippen molar-refractivity contribution in [1.29, 1.82) is 0 Å². The van der Waals surface area contributed by atoms with Crippen LogP contribution < -0.4 is 5.32 Å². The summed E-state index contributed by atoms with van der Waals surface area (Å²) in [5.74, 6) is -0.0440. The lowest BCUT2D eigenvalue weighted by Crippen LogP contribution is -2.25. The average molecular weight is 339 g/mol. The van der Waals surface area contributed by atoms with E-state index in [2.05, 4.69) is 33.2 Å². The summed E-state index contributed by atoms with van der Waals surface area (Å²) in [6.45, 7) is 4.69. The molecule has 1 aromatic carbocycles. The fourth-order valence-corrected chi connectivity index (χ4v) is 2.83. The van der Waals surface area contributed by atoms with Crippen LogP contribution in [0.25, 0.3) is 0 Å². The van der Waals surface area contributed by atoms with E-state index >= 15 is 0 Å². The standard InChI is InChI=1S/C14H15BrN2OS/c1-9-10(2)19-13(17-9)7-8-16-14(18)11-3-5-12(15)6-4-11/h3-6H,7-8H2,1-2H3,(H,16,18). The maximum Gasteiger partial charge on any atom is 0.251 e. The van der Waals surface area contributed by atoms with E-state index in [1.165, 1.54) is 4.88 Å². The summed E-state index contributed by atoms with van der Waals surface area (Å²) in [7, 11) is 0. The Labute approximate surface area is 125 Å². The van der Waals surface area contributed by atoms with Gasteiger partial charge in [-0.3, -0.25) is 4.79 Å². The van der Waals surface area contributed by atoms with Gasteiger partial charge >= 0.3 is 0 Å². The molecule has 2 aromatic rings. The summed E-state index contributed by atoms with van der Waals surface area (Å²) < 4.78 is 0.970. The first-order valence-electron chi connectivity index (χ1n) is 6.03. The van der Waals surface area contributed by atoms with Crippen molar-refractivity contribution >= 4 is 33.2 Å². The fraction of sp³-hybridized carbons (Fsp3) is 0.286. The maximum atomic E-state index is 11.9. The van der Waals surface area contributed by atoms with E-state index in [0.717, 1.165) is 21.6 Å². The molecular formula is C14H15BrN2OS. The molecule has 1 aromatic heterocycles. The first kappa shape index (κ1) is 14.2. The van der Waals surface area contributed by atoms with Crippen molar-refractivity contribution in [3.63, 3.8) is 0 Å². The van der Waals surface area contributed by atoms with E-state index < -0.39 is 0 Å². The Hall–Kier alpha value is -1.20. The van der Waals surface area contributed by atoms with E-state index in [0.29, 0.717) is 12.1 Å². The number of thiazole rings is 1. The Bertz CT molecular complexity index is 558. The van der Waals surface area contributed by atoms with E-state index in [1.54, 1.807) is 23.5 Å².